The zero-order valence-corrected chi connectivity index (χ0v) is 14.4. The van der Waals surface area contributed by atoms with Gasteiger partial charge in [-0.05, 0) is 54.3 Å². The monoisotopic (exact) mass is 341 g/mol. The number of fused-ring (bicyclic) bond motifs is 1. The topological polar surface area (TPSA) is 84.1 Å². The van der Waals surface area contributed by atoms with E-state index in [1.54, 1.807) is 4.68 Å². The average molecular weight is 341 g/mol. The van der Waals surface area contributed by atoms with Crippen molar-refractivity contribution in [3.8, 4) is 5.69 Å². The zero-order valence-electron chi connectivity index (χ0n) is 14.4. The molecule has 0 spiro atoms. The van der Waals surface area contributed by atoms with Crippen LogP contribution in [0.25, 0.3) is 5.69 Å². The Morgan fingerprint density at radius 1 is 1.32 bits per heavy atom. The number of tetrazole rings is 1. The predicted octanol–water partition coefficient (Wildman–Crippen LogP) is 1.74. The van der Waals surface area contributed by atoms with Crippen LogP contribution in [0.2, 0.25) is 0 Å². The first-order valence-electron chi connectivity index (χ1n) is 8.92. The minimum Gasteiger partial charge on any atom is -0.389 e. The molecule has 25 heavy (non-hydrogen) atoms. The van der Waals surface area contributed by atoms with Gasteiger partial charge in [0.05, 0.1) is 11.3 Å². The molecule has 2 aliphatic rings. The number of aryl methyl sites for hydroxylation is 1. The van der Waals surface area contributed by atoms with E-state index in [4.69, 9.17) is 0 Å². The molecule has 1 aromatic heterocycles. The quantitative estimate of drug-likeness (QED) is 0.899. The first-order chi connectivity index (χ1) is 12.1. The van der Waals surface area contributed by atoms with Gasteiger partial charge in [0.1, 0.15) is 6.33 Å². The van der Waals surface area contributed by atoms with Gasteiger partial charge >= 0.3 is 0 Å². The predicted molar refractivity (Wildman–Crippen MR) is 91.3 cm³/mol. The highest BCUT2D eigenvalue weighted by atomic mass is 16.3. The maximum Gasteiger partial charge on any atom is 0.253 e. The molecule has 4 rings (SSSR count). The number of piperidine rings is 1. The third-order valence-electron chi connectivity index (χ3n) is 5.77. The number of carbonyl (C=O) groups is 1. The van der Waals surface area contributed by atoms with Crippen LogP contribution < -0.4 is 0 Å². The lowest BCUT2D eigenvalue weighted by molar-refractivity contribution is -0.0886. The zero-order chi connectivity index (χ0) is 17.4. The van der Waals surface area contributed by atoms with Gasteiger partial charge in [-0.15, -0.1) is 5.10 Å². The second-order valence-corrected chi connectivity index (χ2v) is 7.30. The molecular formula is C18H23N5O2. The van der Waals surface area contributed by atoms with Gasteiger partial charge in [-0.25, -0.2) is 4.68 Å². The molecule has 1 aromatic carbocycles. The first-order valence-corrected chi connectivity index (χ1v) is 8.92. The molecule has 2 atom stereocenters. The molecule has 1 saturated heterocycles. The van der Waals surface area contributed by atoms with Crippen LogP contribution in [0.3, 0.4) is 0 Å². The molecule has 0 unspecified atom stereocenters. The van der Waals surface area contributed by atoms with Crippen molar-refractivity contribution in [2.24, 2.45) is 5.92 Å². The number of amides is 1. The lowest BCUT2D eigenvalue weighted by Crippen LogP contribution is -2.54. The minimum absolute atomic E-state index is 0.0157. The number of benzene rings is 1. The van der Waals surface area contributed by atoms with Gasteiger partial charge in [-0.2, -0.15) is 0 Å². The molecule has 2 heterocycles. The summed E-state index contributed by atoms with van der Waals surface area (Å²) in [5.74, 6) is 0.213. The number of rotatable bonds is 2. The van der Waals surface area contributed by atoms with Gasteiger partial charge in [0.2, 0.25) is 0 Å². The minimum atomic E-state index is -0.570. The average Bonchev–Trinajstić information content (AvgIpc) is 3.15. The molecule has 7 nitrogen and oxygen atoms in total. The van der Waals surface area contributed by atoms with Crippen molar-refractivity contribution in [1.29, 1.82) is 0 Å². The Bertz CT molecular complexity index is 776. The van der Waals surface area contributed by atoms with Crippen LogP contribution in [-0.4, -0.2) is 54.8 Å². The Balaban J connectivity index is 1.56. The summed E-state index contributed by atoms with van der Waals surface area (Å²) in [4.78, 5) is 14.9. The van der Waals surface area contributed by atoms with Crippen molar-refractivity contribution >= 4 is 5.91 Å². The molecular weight excluding hydrogens is 318 g/mol. The van der Waals surface area contributed by atoms with E-state index in [0.717, 1.165) is 36.9 Å². The fraction of sp³-hybridized carbons (Fsp3) is 0.556. The SMILES string of the molecule is Cc1ccc(C(=O)N2CC[C@]3(O)CCCC[C@@H]3C2)cc1-n1cnnn1. The van der Waals surface area contributed by atoms with Crippen molar-refractivity contribution in [3.63, 3.8) is 0 Å². The van der Waals surface area contributed by atoms with E-state index in [0.29, 0.717) is 25.1 Å². The standard InChI is InChI=1S/C18H23N5O2/c1-13-5-6-14(10-16(13)23-12-19-20-21-23)17(24)22-9-8-18(25)7-3-2-4-15(18)11-22/h5-6,10,12,15,25H,2-4,7-9,11H2,1H3/t15-,18-/m1/s1. The third-order valence-corrected chi connectivity index (χ3v) is 5.77. The van der Waals surface area contributed by atoms with Gasteiger partial charge in [-0.1, -0.05) is 18.9 Å². The van der Waals surface area contributed by atoms with Gasteiger partial charge in [-0.3, -0.25) is 4.79 Å². The molecule has 0 bridgehead atoms. The second kappa shape index (κ2) is 6.22. The smallest absolute Gasteiger partial charge is 0.253 e. The highest BCUT2D eigenvalue weighted by molar-refractivity contribution is 5.95. The number of aliphatic hydroxyl groups is 1. The van der Waals surface area contributed by atoms with Crippen LogP contribution in [-0.2, 0) is 0 Å². The fourth-order valence-electron chi connectivity index (χ4n) is 4.20. The van der Waals surface area contributed by atoms with Crippen LogP contribution in [0.1, 0.15) is 48.0 Å². The van der Waals surface area contributed by atoms with Gasteiger partial charge in [0.25, 0.3) is 5.91 Å². The van der Waals surface area contributed by atoms with Crippen molar-refractivity contribution in [2.45, 2.75) is 44.6 Å². The Morgan fingerprint density at radius 3 is 3.00 bits per heavy atom. The number of likely N-dealkylation sites (tertiary alicyclic amines) is 1. The first kappa shape index (κ1) is 16.2. The Morgan fingerprint density at radius 2 is 2.20 bits per heavy atom. The lowest BCUT2D eigenvalue weighted by atomic mass is 9.71. The molecule has 2 aromatic rings. The molecule has 132 valence electrons. The molecule has 1 aliphatic heterocycles. The summed E-state index contributed by atoms with van der Waals surface area (Å²) < 4.78 is 1.57. The molecule has 0 radical (unpaired) electrons. The number of hydrogen-bond acceptors (Lipinski definition) is 5. The van der Waals surface area contributed by atoms with Crippen molar-refractivity contribution in [3.05, 3.63) is 35.7 Å². The van der Waals surface area contributed by atoms with Crippen LogP contribution in [0.4, 0.5) is 0 Å². The Hall–Kier alpha value is -2.28. The third kappa shape index (κ3) is 2.93. The maximum absolute atomic E-state index is 13.0. The van der Waals surface area contributed by atoms with E-state index in [9.17, 15) is 9.90 Å². The van der Waals surface area contributed by atoms with E-state index in [1.807, 2.05) is 30.0 Å². The van der Waals surface area contributed by atoms with Crippen LogP contribution in [0.15, 0.2) is 24.5 Å². The summed E-state index contributed by atoms with van der Waals surface area (Å²) in [6.45, 7) is 3.22. The summed E-state index contributed by atoms with van der Waals surface area (Å²) in [5, 5.41) is 22.1. The number of aromatic nitrogens is 4. The molecule has 1 saturated carbocycles. The maximum atomic E-state index is 13.0. The summed E-state index contributed by atoms with van der Waals surface area (Å²) in [7, 11) is 0. The van der Waals surface area contributed by atoms with Crippen LogP contribution >= 0.6 is 0 Å². The summed E-state index contributed by atoms with van der Waals surface area (Å²) in [6, 6.07) is 5.62. The van der Waals surface area contributed by atoms with Crippen LogP contribution in [0, 0.1) is 12.8 Å². The highest BCUT2D eigenvalue weighted by Gasteiger charge is 2.43. The molecule has 1 N–H and O–H groups in total. The van der Waals surface area contributed by atoms with Gasteiger partial charge < -0.3 is 10.0 Å². The van der Waals surface area contributed by atoms with E-state index in [2.05, 4.69) is 15.5 Å². The fourth-order valence-corrected chi connectivity index (χ4v) is 4.20. The Labute approximate surface area is 146 Å². The van der Waals surface area contributed by atoms with E-state index in [-0.39, 0.29) is 11.8 Å². The summed E-state index contributed by atoms with van der Waals surface area (Å²) in [5.41, 5.74) is 1.88. The van der Waals surface area contributed by atoms with E-state index >= 15 is 0 Å². The molecule has 1 amide bonds. The van der Waals surface area contributed by atoms with Crippen molar-refractivity contribution in [1.82, 2.24) is 25.1 Å². The summed E-state index contributed by atoms with van der Waals surface area (Å²) in [6.07, 6.45) is 6.31. The van der Waals surface area contributed by atoms with Crippen molar-refractivity contribution in [2.75, 3.05) is 13.1 Å². The molecule has 2 fully saturated rings. The number of nitrogens with zero attached hydrogens (tertiary/aromatic N) is 5. The molecule has 1 aliphatic carbocycles. The molecule has 7 heteroatoms. The van der Waals surface area contributed by atoms with Crippen molar-refractivity contribution < 1.29 is 9.90 Å². The van der Waals surface area contributed by atoms with Crippen LogP contribution in [0.5, 0.6) is 0 Å². The second-order valence-electron chi connectivity index (χ2n) is 7.30. The van der Waals surface area contributed by atoms with E-state index < -0.39 is 5.60 Å². The van der Waals surface area contributed by atoms with Gasteiger partial charge in [0, 0.05) is 24.6 Å². The lowest BCUT2D eigenvalue weighted by Gasteiger charge is -2.47. The number of carbonyl (C=O) groups excluding carboxylic acids is 1. The highest BCUT2D eigenvalue weighted by Crippen LogP contribution is 2.40. The van der Waals surface area contributed by atoms with Gasteiger partial charge in [0.15, 0.2) is 0 Å². The largest absolute Gasteiger partial charge is 0.389 e. The Kier molecular flexibility index (Phi) is 4.03. The number of hydrogen-bond donors (Lipinski definition) is 1. The van der Waals surface area contributed by atoms with E-state index in [1.165, 1.54) is 6.33 Å². The summed E-state index contributed by atoms with van der Waals surface area (Å²) >= 11 is 0. The normalized spacial score (nSPS) is 26.3.